The van der Waals surface area contributed by atoms with Crippen LogP contribution in [0.1, 0.15) is 26.3 Å². The lowest BCUT2D eigenvalue weighted by molar-refractivity contribution is -0.145. The molecule has 2 aromatic rings. The van der Waals surface area contributed by atoms with Crippen LogP contribution < -0.4 is 10.0 Å². The van der Waals surface area contributed by atoms with E-state index in [4.69, 9.17) is 0 Å². The number of anilines is 1. The van der Waals surface area contributed by atoms with Crippen molar-refractivity contribution < 1.29 is 14.7 Å². The number of carboxylic acid groups (broad SMARTS) is 1. The third-order valence-electron chi connectivity index (χ3n) is 3.49. The molecule has 1 unspecified atom stereocenters. The van der Waals surface area contributed by atoms with Gasteiger partial charge in [0.15, 0.2) is 0 Å². The number of hydrogen-bond donors (Lipinski definition) is 3. The first-order valence-electron chi connectivity index (χ1n) is 8.36. The van der Waals surface area contributed by atoms with Crippen LogP contribution in [-0.4, -0.2) is 22.5 Å². The third kappa shape index (κ3) is 6.54. The maximum atomic E-state index is 12.4. The summed E-state index contributed by atoms with van der Waals surface area (Å²) in [5.41, 5.74) is 1.38. The Morgan fingerprint density at radius 2 is 1.65 bits per heavy atom. The molecule has 1 amide bonds. The largest absolute Gasteiger partial charge is 0.481 e. The van der Waals surface area contributed by atoms with Crippen LogP contribution in [0.15, 0.2) is 59.5 Å². The van der Waals surface area contributed by atoms with Crippen molar-refractivity contribution in [1.29, 1.82) is 0 Å². The topological polar surface area (TPSA) is 78.4 Å². The van der Waals surface area contributed by atoms with E-state index in [1.807, 2.05) is 42.5 Å². The van der Waals surface area contributed by atoms with E-state index in [0.717, 1.165) is 10.5 Å². The van der Waals surface area contributed by atoms with Crippen molar-refractivity contribution in [2.24, 2.45) is 5.92 Å². The standard InChI is InChI=1S/C20H24N2O3S/c1-20(2,3)22-26-16-11-9-15(10-12-16)21-18(23)17(19(24)25)13-14-7-5-4-6-8-14/h4-12,17,22H,13H2,1-3H3,(H,21,23)(H,24,25). The Morgan fingerprint density at radius 3 is 2.19 bits per heavy atom. The summed E-state index contributed by atoms with van der Waals surface area (Å²) in [5.74, 6) is -2.78. The summed E-state index contributed by atoms with van der Waals surface area (Å²) in [7, 11) is 0. The normalized spacial score (nSPS) is 12.4. The second-order valence-electron chi connectivity index (χ2n) is 7.05. The van der Waals surface area contributed by atoms with Gasteiger partial charge in [0.2, 0.25) is 5.91 Å². The van der Waals surface area contributed by atoms with Gasteiger partial charge in [0.25, 0.3) is 0 Å². The van der Waals surface area contributed by atoms with Gasteiger partial charge < -0.3 is 10.4 Å². The Morgan fingerprint density at radius 1 is 1.04 bits per heavy atom. The molecule has 0 aliphatic rings. The van der Waals surface area contributed by atoms with E-state index in [2.05, 4.69) is 30.8 Å². The van der Waals surface area contributed by atoms with Crippen molar-refractivity contribution in [3.05, 3.63) is 60.2 Å². The molecule has 2 aromatic carbocycles. The molecular formula is C20H24N2O3S. The second-order valence-corrected chi connectivity index (χ2v) is 7.93. The summed E-state index contributed by atoms with van der Waals surface area (Å²) >= 11 is 1.51. The molecule has 0 aromatic heterocycles. The molecular weight excluding hydrogens is 348 g/mol. The summed E-state index contributed by atoms with van der Waals surface area (Å²) < 4.78 is 3.31. The Kier molecular flexibility index (Phi) is 6.83. The van der Waals surface area contributed by atoms with Crippen LogP contribution >= 0.6 is 11.9 Å². The number of rotatable bonds is 7. The van der Waals surface area contributed by atoms with Gasteiger partial charge in [-0.2, -0.15) is 0 Å². The number of carbonyl (C=O) groups excluding carboxylic acids is 1. The maximum absolute atomic E-state index is 12.4. The average Bonchev–Trinajstić information content (AvgIpc) is 2.59. The lowest BCUT2D eigenvalue weighted by atomic mass is 9.98. The van der Waals surface area contributed by atoms with E-state index in [0.29, 0.717) is 5.69 Å². The van der Waals surface area contributed by atoms with Crippen molar-refractivity contribution in [1.82, 2.24) is 4.72 Å². The third-order valence-corrected chi connectivity index (χ3v) is 4.72. The Hall–Kier alpha value is -2.31. The molecule has 1 atom stereocenters. The van der Waals surface area contributed by atoms with Crippen LogP contribution in [0.2, 0.25) is 0 Å². The fraction of sp³-hybridized carbons (Fsp3) is 0.300. The molecule has 0 saturated carbocycles. The molecule has 0 fully saturated rings. The summed E-state index contributed by atoms with van der Waals surface area (Å²) in [6.45, 7) is 6.23. The summed E-state index contributed by atoms with van der Waals surface area (Å²) in [6, 6.07) is 16.4. The maximum Gasteiger partial charge on any atom is 0.316 e. The molecule has 0 aliphatic carbocycles. The van der Waals surface area contributed by atoms with E-state index in [9.17, 15) is 14.7 Å². The fourth-order valence-corrected chi connectivity index (χ4v) is 2.89. The fourth-order valence-electron chi connectivity index (χ4n) is 2.19. The molecule has 3 N–H and O–H groups in total. The molecule has 0 bridgehead atoms. The monoisotopic (exact) mass is 372 g/mol. The van der Waals surface area contributed by atoms with Crippen LogP contribution in [0.25, 0.3) is 0 Å². The van der Waals surface area contributed by atoms with Crippen molar-refractivity contribution in [2.75, 3.05) is 5.32 Å². The number of amides is 1. The predicted octanol–water partition coefficient (Wildman–Crippen LogP) is 3.96. The van der Waals surface area contributed by atoms with Gasteiger partial charge in [-0.05, 0) is 69.0 Å². The number of aliphatic carboxylic acids is 1. The van der Waals surface area contributed by atoms with Gasteiger partial charge in [0.1, 0.15) is 5.92 Å². The molecule has 0 heterocycles. The van der Waals surface area contributed by atoms with E-state index < -0.39 is 17.8 Å². The zero-order valence-corrected chi connectivity index (χ0v) is 16.0. The molecule has 2 rings (SSSR count). The minimum absolute atomic E-state index is 0.0102. The highest BCUT2D eigenvalue weighted by Gasteiger charge is 2.26. The minimum Gasteiger partial charge on any atom is -0.481 e. The quantitative estimate of drug-likeness (QED) is 0.506. The first-order valence-corrected chi connectivity index (χ1v) is 9.18. The van der Waals surface area contributed by atoms with Gasteiger partial charge in [0, 0.05) is 16.1 Å². The molecule has 0 radical (unpaired) electrons. The van der Waals surface area contributed by atoms with Crippen LogP contribution in [0.3, 0.4) is 0 Å². The van der Waals surface area contributed by atoms with Gasteiger partial charge in [-0.1, -0.05) is 30.3 Å². The smallest absolute Gasteiger partial charge is 0.316 e. The van der Waals surface area contributed by atoms with E-state index >= 15 is 0 Å². The van der Waals surface area contributed by atoms with Crippen molar-refractivity contribution in [2.45, 2.75) is 37.6 Å². The van der Waals surface area contributed by atoms with Gasteiger partial charge in [0.05, 0.1) is 0 Å². The molecule has 0 saturated heterocycles. The first kappa shape index (κ1) is 20.0. The zero-order chi connectivity index (χ0) is 19.2. The summed E-state index contributed by atoms with van der Waals surface area (Å²) in [5, 5.41) is 12.1. The predicted molar refractivity (Wildman–Crippen MR) is 105 cm³/mol. The molecule has 26 heavy (non-hydrogen) atoms. The zero-order valence-electron chi connectivity index (χ0n) is 15.2. The van der Waals surface area contributed by atoms with Crippen molar-refractivity contribution >= 4 is 29.5 Å². The highest BCUT2D eigenvalue weighted by atomic mass is 32.2. The minimum atomic E-state index is -1.13. The van der Waals surface area contributed by atoms with Gasteiger partial charge in [-0.25, -0.2) is 0 Å². The molecule has 138 valence electrons. The molecule has 0 aliphatic heterocycles. The SMILES string of the molecule is CC(C)(C)NSc1ccc(NC(=O)C(Cc2ccccc2)C(=O)O)cc1. The van der Waals surface area contributed by atoms with Crippen LogP contribution in [0, 0.1) is 5.92 Å². The lowest BCUT2D eigenvalue weighted by Crippen LogP contribution is -2.31. The van der Waals surface area contributed by atoms with Gasteiger partial charge in [-0.15, -0.1) is 0 Å². The number of benzene rings is 2. The highest BCUT2D eigenvalue weighted by molar-refractivity contribution is 7.97. The number of hydrogen-bond acceptors (Lipinski definition) is 4. The van der Waals surface area contributed by atoms with E-state index in [1.54, 1.807) is 12.1 Å². The van der Waals surface area contributed by atoms with E-state index in [-0.39, 0.29) is 12.0 Å². The van der Waals surface area contributed by atoms with Crippen LogP contribution in [0.4, 0.5) is 5.69 Å². The number of carbonyl (C=O) groups is 2. The van der Waals surface area contributed by atoms with Gasteiger partial charge >= 0.3 is 5.97 Å². The Labute approximate surface area is 158 Å². The summed E-state index contributed by atoms with van der Waals surface area (Å²) in [4.78, 5) is 24.9. The summed E-state index contributed by atoms with van der Waals surface area (Å²) in [6.07, 6.45) is 0.158. The first-order chi connectivity index (χ1) is 12.2. The van der Waals surface area contributed by atoms with E-state index in [1.165, 1.54) is 11.9 Å². The number of carboxylic acids is 1. The average molecular weight is 372 g/mol. The van der Waals surface area contributed by atoms with Crippen molar-refractivity contribution in [3.63, 3.8) is 0 Å². The van der Waals surface area contributed by atoms with Crippen molar-refractivity contribution in [3.8, 4) is 0 Å². The van der Waals surface area contributed by atoms with Gasteiger partial charge in [-0.3, -0.25) is 14.3 Å². The second kappa shape index (κ2) is 8.87. The van der Waals surface area contributed by atoms with Crippen LogP contribution in [-0.2, 0) is 16.0 Å². The molecule has 0 spiro atoms. The van der Waals surface area contributed by atoms with Crippen LogP contribution in [0.5, 0.6) is 0 Å². The highest BCUT2D eigenvalue weighted by Crippen LogP contribution is 2.21. The Balaban J connectivity index is 1.99. The molecule has 5 nitrogen and oxygen atoms in total. The lowest BCUT2D eigenvalue weighted by Gasteiger charge is -2.19. The Bertz CT molecular complexity index is 740. The molecule has 6 heteroatoms. The number of nitrogens with one attached hydrogen (secondary N) is 2.